The zero-order valence-corrected chi connectivity index (χ0v) is 16.1. The Balaban J connectivity index is 1.86. The second-order valence-corrected chi connectivity index (χ2v) is 6.74. The van der Waals surface area contributed by atoms with E-state index in [-0.39, 0.29) is 18.1 Å². The topological polar surface area (TPSA) is 61.8 Å². The fourth-order valence-electron chi connectivity index (χ4n) is 2.23. The minimum atomic E-state index is -0.429. The van der Waals surface area contributed by atoms with Crippen LogP contribution in [0.3, 0.4) is 0 Å². The summed E-state index contributed by atoms with van der Waals surface area (Å²) < 4.78 is 15.4. The third-order valence-corrected chi connectivity index (χ3v) is 4.87. The summed E-state index contributed by atoms with van der Waals surface area (Å²) in [5.74, 6) is 0.417. The molecule has 0 aliphatic rings. The van der Waals surface area contributed by atoms with Crippen molar-refractivity contribution in [2.45, 2.75) is 18.7 Å². The van der Waals surface area contributed by atoms with Crippen LogP contribution in [-0.2, 0) is 9.53 Å². The molecule has 0 atom stereocenters. The number of ether oxygens (including phenoxy) is 3. The van der Waals surface area contributed by atoms with Crippen molar-refractivity contribution in [3.05, 3.63) is 53.1 Å². The maximum atomic E-state index is 12.2. The van der Waals surface area contributed by atoms with E-state index >= 15 is 0 Å². The van der Waals surface area contributed by atoms with Gasteiger partial charge in [-0.25, -0.2) is 0 Å². The number of carbonyl (C=O) groups is 2. The third-order valence-electron chi connectivity index (χ3n) is 3.90. The van der Waals surface area contributed by atoms with Crippen molar-refractivity contribution >= 4 is 23.5 Å². The van der Waals surface area contributed by atoms with Gasteiger partial charge in [0.15, 0.2) is 23.9 Å². The SMILES string of the molecule is COc1ccc(C(=O)COC(=O)CSc2ccc(C)c(C)c2)cc1OC. The van der Waals surface area contributed by atoms with Crippen LogP contribution in [0.25, 0.3) is 0 Å². The molecule has 0 aromatic heterocycles. The summed E-state index contributed by atoms with van der Waals surface area (Å²) >= 11 is 1.39. The number of hydrogen-bond donors (Lipinski definition) is 0. The van der Waals surface area contributed by atoms with Gasteiger partial charge in [-0.15, -0.1) is 11.8 Å². The molecule has 0 fully saturated rings. The molecular formula is C20H22O5S. The first-order chi connectivity index (χ1) is 12.4. The summed E-state index contributed by atoms with van der Waals surface area (Å²) in [4.78, 5) is 25.1. The minimum Gasteiger partial charge on any atom is -0.493 e. The molecule has 0 saturated heterocycles. The number of carbonyl (C=O) groups excluding carboxylic acids is 2. The smallest absolute Gasteiger partial charge is 0.316 e. The highest BCUT2D eigenvalue weighted by Crippen LogP contribution is 2.27. The molecule has 0 saturated carbocycles. The maximum Gasteiger partial charge on any atom is 0.316 e. The molecule has 2 aromatic carbocycles. The first-order valence-corrected chi connectivity index (χ1v) is 9.04. The van der Waals surface area contributed by atoms with Gasteiger partial charge in [0.2, 0.25) is 0 Å². The molecule has 6 heteroatoms. The molecule has 0 aliphatic carbocycles. The number of benzene rings is 2. The van der Waals surface area contributed by atoms with Crippen LogP contribution in [-0.4, -0.2) is 38.3 Å². The Morgan fingerprint density at radius 2 is 1.65 bits per heavy atom. The molecule has 0 N–H and O–H groups in total. The number of thioether (sulfide) groups is 1. The molecule has 2 rings (SSSR count). The van der Waals surface area contributed by atoms with Crippen LogP contribution in [0.2, 0.25) is 0 Å². The number of ketones is 1. The van der Waals surface area contributed by atoms with Gasteiger partial charge >= 0.3 is 5.97 Å². The van der Waals surface area contributed by atoms with E-state index in [0.717, 1.165) is 4.90 Å². The quantitative estimate of drug-likeness (QED) is 0.397. The summed E-state index contributed by atoms with van der Waals surface area (Å²) in [6.07, 6.45) is 0. The summed E-state index contributed by atoms with van der Waals surface area (Å²) in [5, 5.41) is 0. The predicted octanol–water partition coefficient (Wildman–Crippen LogP) is 3.84. The van der Waals surface area contributed by atoms with Gasteiger partial charge in [-0.1, -0.05) is 6.07 Å². The Kier molecular flexibility index (Phi) is 7.09. The van der Waals surface area contributed by atoms with E-state index in [9.17, 15) is 9.59 Å². The first-order valence-electron chi connectivity index (χ1n) is 8.05. The molecule has 5 nitrogen and oxygen atoms in total. The number of rotatable bonds is 8. The standard InChI is InChI=1S/C20H22O5S/c1-13-5-7-16(9-14(13)2)26-12-20(22)25-11-17(21)15-6-8-18(23-3)19(10-15)24-4/h5-10H,11-12H2,1-4H3. The van der Waals surface area contributed by atoms with Gasteiger partial charge in [0, 0.05) is 10.5 Å². The van der Waals surface area contributed by atoms with E-state index in [1.54, 1.807) is 18.2 Å². The lowest BCUT2D eigenvalue weighted by Gasteiger charge is -2.09. The highest BCUT2D eigenvalue weighted by atomic mass is 32.2. The van der Waals surface area contributed by atoms with Crippen LogP contribution in [0.1, 0.15) is 21.5 Å². The molecule has 0 bridgehead atoms. The lowest BCUT2D eigenvalue weighted by Crippen LogP contribution is -2.15. The number of hydrogen-bond acceptors (Lipinski definition) is 6. The molecule has 0 unspecified atom stereocenters. The molecule has 26 heavy (non-hydrogen) atoms. The van der Waals surface area contributed by atoms with Crippen molar-refractivity contribution in [1.29, 1.82) is 0 Å². The van der Waals surface area contributed by atoms with Gasteiger partial charge in [-0.05, 0) is 55.3 Å². The van der Waals surface area contributed by atoms with Crippen LogP contribution >= 0.6 is 11.8 Å². The van der Waals surface area contributed by atoms with E-state index in [2.05, 4.69) is 0 Å². The van der Waals surface area contributed by atoms with Gasteiger partial charge in [-0.2, -0.15) is 0 Å². The maximum absolute atomic E-state index is 12.2. The molecule has 138 valence electrons. The monoisotopic (exact) mass is 374 g/mol. The Morgan fingerprint density at radius 1 is 0.923 bits per heavy atom. The van der Waals surface area contributed by atoms with Crippen LogP contribution in [0.5, 0.6) is 11.5 Å². The summed E-state index contributed by atoms with van der Waals surface area (Å²) in [5.41, 5.74) is 2.78. The van der Waals surface area contributed by atoms with E-state index in [1.165, 1.54) is 37.1 Å². The van der Waals surface area contributed by atoms with Crippen molar-refractivity contribution in [2.75, 3.05) is 26.6 Å². The van der Waals surface area contributed by atoms with Gasteiger partial charge in [-0.3, -0.25) is 9.59 Å². The number of methoxy groups -OCH3 is 2. The molecular weight excluding hydrogens is 352 g/mol. The van der Waals surface area contributed by atoms with Crippen molar-refractivity contribution < 1.29 is 23.8 Å². The second kappa shape index (κ2) is 9.29. The van der Waals surface area contributed by atoms with Crippen molar-refractivity contribution in [3.8, 4) is 11.5 Å². The van der Waals surface area contributed by atoms with Crippen LogP contribution in [0.15, 0.2) is 41.3 Å². The van der Waals surface area contributed by atoms with Gasteiger partial charge in [0.25, 0.3) is 0 Å². The van der Waals surface area contributed by atoms with Gasteiger partial charge in [0.1, 0.15) is 0 Å². The lowest BCUT2D eigenvalue weighted by atomic mass is 10.1. The van der Waals surface area contributed by atoms with Gasteiger partial charge < -0.3 is 14.2 Å². The zero-order chi connectivity index (χ0) is 19.1. The van der Waals surface area contributed by atoms with Crippen LogP contribution < -0.4 is 9.47 Å². The number of Topliss-reactive ketones (excluding diaryl/α,β-unsaturated/α-hetero) is 1. The largest absolute Gasteiger partial charge is 0.493 e. The Labute approximate surface area is 157 Å². The van der Waals surface area contributed by atoms with Crippen molar-refractivity contribution in [3.63, 3.8) is 0 Å². The fraction of sp³-hybridized carbons (Fsp3) is 0.300. The average Bonchev–Trinajstić information content (AvgIpc) is 2.66. The molecule has 0 amide bonds. The molecule has 0 spiro atoms. The minimum absolute atomic E-state index is 0.154. The van der Waals surface area contributed by atoms with Crippen molar-refractivity contribution in [1.82, 2.24) is 0 Å². The summed E-state index contributed by atoms with van der Waals surface area (Å²) in [6.45, 7) is 3.76. The fourth-order valence-corrected chi connectivity index (χ4v) is 3.02. The second-order valence-electron chi connectivity index (χ2n) is 5.69. The van der Waals surface area contributed by atoms with Crippen molar-refractivity contribution in [2.24, 2.45) is 0 Å². The first kappa shape index (κ1) is 19.8. The Hall–Kier alpha value is -2.47. The molecule has 0 radical (unpaired) electrons. The van der Waals surface area contributed by atoms with Crippen LogP contribution in [0.4, 0.5) is 0 Å². The van der Waals surface area contributed by atoms with E-state index in [0.29, 0.717) is 17.1 Å². The summed E-state index contributed by atoms with van der Waals surface area (Å²) in [6, 6.07) is 10.8. The highest BCUT2D eigenvalue weighted by Gasteiger charge is 2.13. The number of esters is 1. The number of aryl methyl sites for hydroxylation is 2. The zero-order valence-electron chi connectivity index (χ0n) is 15.3. The van der Waals surface area contributed by atoms with E-state index < -0.39 is 5.97 Å². The van der Waals surface area contributed by atoms with Gasteiger partial charge in [0.05, 0.1) is 20.0 Å². The van der Waals surface area contributed by atoms with E-state index in [4.69, 9.17) is 14.2 Å². The highest BCUT2D eigenvalue weighted by molar-refractivity contribution is 8.00. The summed E-state index contributed by atoms with van der Waals surface area (Å²) in [7, 11) is 3.02. The van der Waals surface area contributed by atoms with E-state index in [1.807, 2.05) is 32.0 Å². The normalized spacial score (nSPS) is 10.3. The third kappa shape index (κ3) is 5.26. The Bertz CT molecular complexity index is 801. The average molecular weight is 374 g/mol. The Morgan fingerprint density at radius 3 is 2.31 bits per heavy atom. The molecule has 0 aliphatic heterocycles. The lowest BCUT2D eigenvalue weighted by molar-refractivity contribution is -0.139. The predicted molar refractivity (Wildman–Crippen MR) is 101 cm³/mol. The molecule has 0 heterocycles. The molecule has 2 aromatic rings. The van der Waals surface area contributed by atoms with Crippen LogP contribution in [0, 0.1) is 13.8 Å².